The molecule has 9 heteroatoms. The van der Waals surface area contributed by atoms with Crippen molar-refractivity contribution in [1.29, 1.82) is 0 Å². The fourth-order valence-electron chi connectivity index (χ4n) is 4.59. The van der Waals surface area contributed by atoms with Crippen molar-refractivity contribution < 1.29 is 23.7 Å². The largest absolute Gasteiger partial charge is 0.494 e. The van der Waals surface area contributed by atoms with Gasteiger partial charge in [-0.2, -0.15) is 0 Å². The number of nitrogens with zero attached hydrogens (tertiary/aromatic N) is 4. The van der Waals surface area contributed by atoms with E-state index in [4.69, 9.17) is 19.9 Å². The van der Waals surface area contributed by atoms with E-state index in [0.717, 1.165) is 12.8 Å². The van der Waals surface area contributed by atoms with Crippen molar-refractivity contribution in [2.24, 2.45) is 5.92 Å². The summed E-state index contributed by atoms with van der Waals surface area (Å²) in [6.45, 7) is 7.19. The maximum absolute atomic E-state index is 13.3. The van der Waals surface area contributed by atoms with Crippen molar-refractivity contribution in [3.63, 3.8) is 0 Å². The van der Waals surface area contributed by atoms with Crippen LogP contribution in [0.2, 0.25) is 0 Å². The predicted molar refractivity (Wildman–Crippen MR) is 137 cm³/mol. The second kappa shape index (κ2) is 12.1. The summed E-state index contributed by atoms with van der Waals surface area (Å²) in [7, 11) is 0. The van der Waals surface area contributed by atoms with Gasteiger partial charge in [0.05, 0.1) is 13.2 Å². The molecule has 0 saturated heterocycles. The van der Waals surface area contributed by atoms with E-state index in [1.54, 1.807) is 24.3 Å². The van der Waals surface area contributed by atoms with Crippen LogP contribution in [0.5, 0.6) is 17.4 Å². The van der Waals surface area contributed by atoms with Crippen LogP contribution in [-0.2, 0) is 6.54 Å². The molecular weight excluding hydrogens is 458 g/mol. The molecule has 1 saturated carbocycles. The van der Waals surface area contributed by atoms with Gasteiger partial charge in [-0.3, -0.25) is 10.5 Å². The third-order valence-electron chi connectivity index (χ3n) is 6.71. The molecule has 9 nitrogen and oxygen atoms in total. The van der Waals surface area contributed by atoms with E-state index in [9.17, 15) is 4.79 Å². The highest BCUT2D eigenvalue weighted by molar-refractivity contribution is 5.96. The number of anilines is 1. The van der Waals surface area contributed by atoms with E-state index in [0.29, 0.717) is 47.7 Å². The van der Waals surface area contributed by atoms with Crippen LogP contribution in [-0.4, -0.2) is 39.8 Å². The van der Waals surface area contributed by atoms with Crippen LogP contribution in [0.3, 0.4) is 0 Å². The minimum absolute atomic E-state index is 0.0322. The van der Waals surface area contributed by atoms with Crippen molar-refractivity contribution in [1.82, 2.24) is 14.7 Å². The van der Waals surface area contributed by atoms with Crippen LogP contribution in [0.15, 0.2) is 30.3 Å². The van der Waals surface area contributed by atoms with E-state index in [1.165, 1.54) is 41.3 Å². The molecule has 4 rings (SSSR count). The zero-order valence-corrected chi connectivity index (χ0v) is 21.6. The number of fused-ring (bicyclic) bond motifs is 1. The number of nitrogens with two attached hydrogens (primary N) is 1. The highest BCUT2D eigenvalue weighted by atomic mass is 16.5. The Morgan fingerprint density at radius 2 is 1.81 bits per heavy atom. The molecule has 3 aromatic rings. The van der Waals surface area contributed by atoms with Crippen molar-refractivity contribution in [3.8, 4) is 17.4 Å². The second-order valence-electron chi connectivity index (χ2n) is 9.38. The normalized spacial score (nSPS) is 14.3. The molecule has 2 heterocycles. The van der Waals surface area contributed by atoms with Gasteiger partial charge < -0.3 is 14.2 Å². The van der Waals surface area contributed by atoms with Crippen LogP contribution < -0.4 is 24.6 Å². The maximum Gasteiger partial charge on any atom is 0.401 e. The van der Waals surface area contributed by atoms with Crippen LogP contribution in [0.4, 0.5) is 5.95 Å². The molecule has 2 aromatic heterocycles. The lowest BCUT2D eigenvalue weighted by Crippen LogP contribution is -2.42. The molecule has 0 aliphatic heterocycles. The second-order valence-corrected chi connectivity index (χ2v) is 9.38. The van der Waals surface area contributed by atoms with Crippen molar-refractivity contribution in [3.05, 3.63) is 35.9 Å². The summed E-state index contributed by atoms with van der Waals surface area (Å²) in [5, 5.41) is 8.94. The van der Waals surface area contributed by atoms with E-state index in [-0.39, 0.29) is 24.4 Å². The van der Waals surface area contributed by atoms with E-state index < -0.39 is 0 Å². The molecule has 0 atom stereocenters. The lowest BCUT2D eigenvalue weighted by atomic mass is 9.90. The Labute approximate surface area is 212 Å². The number of carbonyl (C=O) groups is 1. The quantitative estimate of drug-likeness (QED) is 0.293. The van der Waals surface area contributed by atoms with Crippen LogP contribution in [0, 0.1) is 5.92 Å². The standard InChI is InChI=1S/C27H37N5O4/c1-4-21(5-2)36-26-13-12-25-29-31(27(28)32(25)30-26)17-24(33)20-14-22(34-6-3)16-23(15-20)35-18-19-10-8-7-9-11-19/h12-16,19,21,28H,4-11,17-18H2,1-3H3/p+1. The fraction of sp³-hybridized carbons (Fsp3) is 0.556. The summed E-state index contributed by atoms with van der Waals surface area (Å²) in [6, 6.07) is 8.93. The van der Waals surface area contributed by atoms with Gasteiger partial charge in [0, 0.05) is 23.8 Å². The monoisotopic (exact) mass is 496 g/mol. The molecule has 0 radical (unpaired) electrons. The molecule has 0 amide bonds. The number of hydrogen-bond acceptors (Lipinski definition) is 7. The Morgan fingerprint density at radius 1 is 1.08 bits per heavy atom. The molecule has 1 aliphatic rings. The smallest absolute Gasteiger partial charge is 0.401 e. The van der Waals surface area contributed by atoms with Gasteiger partial charge in [-0.05, 0) is 50.7 Å². The summed E-state index contributed by atoms with van der Waals surface area (Å²) >= 11 is 0. The molecule has 194 valence electrons. The van der Waals surface area contributed by atoms with Gasteiger partial charge in [-0.1, -0.05) is 47.8 Å². The minimum atomic E-state index is -0.146. The van der Waals surface area contributed by atoms with Crippen LogP contribution in [0.1, 0.15) is 76.1 Å². The molecular formula is C27H38N5O4+. The Morgan fingerprint density at radius 3 is 2.50 bits per heavy atom. The van der Waals surface area contributed by atoms with E-state index in [2.05, 4.69) is 24.0 Å². The highest BCUT2D eigenvalue weighted by Gasteiger charge is 2.23. The highest BCUT2D eigenvalue weighted by Crippen LogP contribution is 2.27. The van der Waals surface area contributed by atoms with Crippen LogP contribution in [0.25, 0.3) is 5.65 Å². The van der Waals surface area contributed by atoms with E-state index >= 15 is 0 Å². The summed E-state index contributed by atoms with van der Waals surface area (Å²) in [5.41, 5.74) is 7.34. The number of nitrogen functional groups attached to an aromatic ring is 1. The lowest BCUT2D eigenvalue weighted by molar-refractivity contribution is -0.723. The maximum atomic E-state index is 13.3. The Kier molecular flexibility index (Phi) is 8.61. The summed E-state index contributed by atoms with van der Waals surface area (Å²) in [4.78, 5) is 13.3. The number of ether oxygens (including phenoxy) is 3. The first-order valence-electron chi connectivity index (χ1n) is 13.2. The summed E-state index contributed by atoms with van der Waals surface area (Å²) in [6.07, 6.45) is 8.07. The van der Waals surface area contributed by atoms with Crippen molar-refractivity contribution in [2.75, 3.05) is 18.9 Å². The number of aromatic nitrogens is 4. The molecule has 0 spiro atoms. The van der Waals surface area contributed by atoms with Gasteiger partial charge in [0.25, 0.3) is 5.65 Å². The average Bonchev–Trinajstić information content (AvgIpc) is 3.21. The number of carbonyl (C=O) groups excluding carboxylic acids is 1. The summed E-state index contributed by atoms with van der Waals surface area (Å²) in [5.74, 6) is 2.40. The molecule has 2 N–H and O–H groups in total. The van der Waals surface area contributed by atoms with Gasteiger partial charge >= 0.3 is 5.95 Å². The van der Waals surface area contributed by atoms with Gasteiger partial charge in [0.15, 0.2) is 12.3 Å². The zero-order valence-electron chi connectivity index (χ0n) is 21.6. The molecule has 36 heavy (non-hydrogen) atoms. The predicted octanol–water partition coefficient (Wildman–Crippen LogP) is 4.41. The first kappa shape index (κ1) is 25.7. The number of hydrogen-bond donors (Lipinski definition) is 1. The van der Waals surface area contributed by atoms with Gasteiger partial charge in [0.2, 0.25) is 5.88 Å². The molecule has 0 bridgehead atoms. The number of benzene rings is 1. The third kappa shape index (κ3) is 6.25. The van der Waals surface area contributed by atoms with Crippen molar-refractivity contribution >= 4 is 17.4 Å². The van der Waals surface area contributed by atoms with E-state index in [1.807, 2.05) is 13.0 Å². The SMILES string of the molecule is CCOc1cc(OCC2CCCCC2)cc(C(=O)C[n+]2nc3ccc(OC(CC)CC)nn3c2N)c1. The molecule has 1 aromatic carbocycles. The minimum Gasteiger partial charge on any atom is -0.494 e. The average molecular weight is 497 g/mol. The number of Topliss-reactive ketones (excluding diaryl/α,β-unsaturated/α-hetero) is 1. The molecule has 1 aliphatic carbocycles. The van der Waals surface area contributed by atoms with Crippen LogP contribution >= 0.6 is 0 Å². The number of rotatable bonds is 12. The zero-order chi connectivity index (χ0) is 25.5. The topological polar surface area (TPSA) is 105 Å². The first-order chi connectivity index (χ1) is 17.5. The number of ketones is 1. The lowest BCUT2D eigenvalue weighted by Gasteiger charge is -2.22. The van der Waals surface area contributed by atoms with Crippen molar-refractivity contribution in [2.45, 2.75) is 78.4 Å². The Balaban J connectivity index is 1.51. The van der Waals surface area contributed by atoms with Gasteiger partial charge in [-0.15, -0.1) is 4.68 Å². The Hall–Kier alpha value is -3.36. The molecule has 1 fully saturated rings. The fourth-order valence-corrected chi connectivity index (χ4v) is 4.59. The van der Waals surface area contributed by atoms with Gasteiger partial charge in [0.1, 0.15) is 17.6 Å². The first-order valence-corrected chi connectivity index (χ1v) is 13.2. The Bertz CT molecular complexity index is 1170. The third-order valence-corrected chi connectivity index (χ3v) is 6.71. The summed E-state index contributed by atoms with van der Waals surface area (Å²) < 4.78 is 20.7. The molecule has 0 unspecified atom stereocenters. The van der Waals surface area contributed by atoms with Gasteiger partial charge in [-0.25, -0.2) is 0 Å².